The fraction of sp³-hybridized carbons (Fsp3) is 0.312. The maximum Gasteiger partial charge on any atom is 0.209 e. The quantitative estimate of drug-likeness (QED) is 0.941. The Balaban J connectivity index is 2.52. The van der Waals surface area contributed by atoms with Gasteiger partial charge in [-0.1, -0.05) is 29.8 Å². The third-order valence-electron chi connectivity index (χ3n) is 3.33. The maximum absolute atomic E-state index is 14.8. The van der Waals surface area contributed by atoms with Crippen molar-refractivity contribution < 1.29 is 12.8 Å². The molecule has 0 spiro atoms. The van der Waals surface area contributed by atoms with E-state index < -0.39 is 21.4 Å². The summed E-state index contributed by atoms with van der Waals surface area (Å²) >= 11 is 0. The first-order valence-corrected chi connectivity index (χ1v) is 8.70. The summed E-state index contributed by atoms with van der Waals surface area (Å²) in [5.41, 5.74) is 1.11. The van der Waals surface area contributed by atoms with Crippen LogP contribution in [0, 0.1) is 12.7 Å². The van der Waals surface area contributed by atoms with Gasteiger partial charge in [-0.05, 0) is 26.8 Å². The lowest BCUT2D eigenvalue weighted by atomic mass is 9.94. The first-order valence-electron chi connectivity index (χ1n) is 6.81. The van der Waals surface area contributed by atoms with Crippen LogP contribution in [-0.4, -0.2) is 19.7 Å². The first kappa shape index (κ1) is 16.6. The Labute approximate surface area is 130 Å². The second-order valence-corrected chi connectivity index (χ2v) is 7.63. The zero-order valence-electron chi connectivity index (χ0n) is 13.0. The van der Waals surface area contributed by atoms with Crippen LogP contribution in [0.1, 0.15) is 25.0 Å². The molecule has 2 aromatic rings. The molecule has 1 heterocycles. The van der Waals surface area contributed by atoms with Crippen molar-refractivity contribution in [2.24, 2.45) is 0 Å². The van der Waals surface area contributed by atoms with Crippen molar-refractivity contribution in [1.82, 2.24) is 9.71 Å². The summed E-state index contributed by atoms with van der Waals surface area (Å²) < 4.78 is 40.2. The van der Waals surface area contributed by atoms with Crippen molar-refractivity contribution in [2.75, 3.05) is 6.26 Å². The molecule has 0 saturated heterocycles. The van der Waals surface area contributed by atoms with Crippen LogP contribution >= 0.6 is 0 Å². The van der Waals surface area contributed by atoms with Crippen molar-refractivity contribution in [3.8, 4) is 11.3 Å². The molecule has 0 aliphatic carbocycles. The van der Waals surface area contributed by atoms with Crippen LogP contribution in [-0.2, 0) is 15.6 Å². The summed E-state index contributed by atoms with van der Waals surface area (Å²) in [6.07, 6.45) is 2.54. The van der Waals surface area contributed by atoms with Gasteiger partial charge >= 0.3 is 0 Å². The Bertz CT molecular complexity index is 784. The fourth-order valence-electron chi connectivity index (χ4n) is 2.36. The Hall–Kier alpha value is -1.79. The van der Waals surface area contributed by atoms with Gasteiger partial charge in [0.05, 0.1) is 11.8 Å². The molecule has 0 atom stereocenters. The molecule has 0 bridgehead atoms. The first-order chi connectivity index (χ1) is 10.1. The summed E-state index contributed by atoms with van der Waals surface area (Å²) in [4.78, 5) is 4.10. The van der Waals surface area contributed by atoms with Gasteiger partial charge in [-0.2, -0.15) is 0 Å². The predicted molar refractivity (Wildman–Crippen MR) is 85.4 cm³/mol. The molecule has 0 aliphatic rings. The molecule has 1 aromatic heterocycles. The van der Waals surface area contributed by atoms with E-state index in [0.717, 1.165) is 11.8 Å². The number of hydrogen-bond donors (Lipinski definition) is 1. The predicted octanol–water partition coefficient (Wildman–Crippen LogP) is 2.98. The average molecular weight is 322 g/mol. The van der Waals surface area contributed by atoms with E-state index in [-0.39, 0.29) is 11.3 Å². The monoisotopic (exact) mass is 322 g/mol. The topological polar surface area (TPSA) is 59.1 Å². The van der Waals surface area contributed by atoms with Gasteiger partial charge in [-0.3, -0.25) is 4.98 Å². The van der Waals surface area contributed by atoms with E-state index >= 15 is 0 Å². The van der Waals surface area contributed by atoms with Gasteiger partial charge in [0.15, 0.2) is 5.82 Å². The molecule has 2 rings (SSSR count). The molecule has 1 aromatic carbocycles. The van der Waals surface area contributed by atoms with E-state index in [4.69, 9.17) is 0 Å². The van der Waals surface area contributed by atoms with Crippen LogP contribution in [0.4, 0.5) is 4.39 Å². The summed E-state index contributed by atoms with van der Waals surface area (Å²) in [6.45, 7) is 5.18. The molecular formula is C16H19FN2O2S. The second-order valence-electron chi connectivity index (χ2n) is 5.89. The Morgan fingerprint density at radius 1 is 1.14 bits per heavy atom. The fourth-order valence-corrected chi connectivity index (χ4v) is 3.39. The van der Waals surface area contributed by atoms with Gasteiger partial charge in [0, 0.05) is 17.3 Å². The molecule has 0 aliphatic heterocycles. The third-order valence-corrected chi connectivity index (χ3v) is 4.21. The minimum atomic E-state index is -3.47. The summed E-state index contributed by atoms with van der Waals surface area (Å²) in [6, 6.07) is 8.83. The number of hydrogen-bond acceptors (Lipinski definition) is 3. The van der Waals surface area contributed by atoms with Crippen LogP contribution in [0.5, 0.6) is 0 Å². The molecule has 118 valence electrons. The highest BCUT2D eigenvalue weighted by molar-refractivity contribution is 7.88. The maximum atomic E-state index is 14.8. The van der Waals surface area contributed by atoms with Crippen LogP contribution in [0.15, 0.2) is 36.5 Å². The van der Waals surface area contributed by atoms with E-state index in [9.17, 15) is 12.8 Å². The lowest BCUT2D eigenvalue weighted by molar-refractivity contribution is 0.448. The summed E-state index contributed by atoms with van der Waals surface area (Å²) in [5.74, 6) is -0.521. The van der Waals surface area contributed by atoms with Gasteiger partial charge in [0.1, 0.15) is 5.69 Å². The summed E-state index contributed by atoms with van der Waals surface area (Å²) in [5, 5.41) is 0. The number of rotatable bonds is 4. The number of nitrogens with zero attached hydrogens (tertiary/aromatic N) is 1. The van der Waals surface area contributed by atoms with Gasteiger partial charge in [-0.25, -0.2) is 17.5 Å². The zero-order valence-corrected chi connectivity index (χ0v) is 13.8. The molecule has 0 amide bonds. The van der Waals surface area contributed by atoms with Gasteiger partial charge in [-0.15, -0.1) is 0 Å². The SMILES string of the molecule is Cc1ccc(-c2nccc(C(C)(C)NS(C)(=O)=O)c2F)cc1. The van der Waals surface area contributed by atoms with Crippen molar-refractivity contribution in [1.29, 1.82) is 0 Å². The zero-order chi connectivity index (χ0) is 16.5. The van der Waals surface area contributed by atoms with E-state index in [1.54, 1.807) is 26.0 Å². The van der Waals surface area contributed by atoms with Gasteiger partial charge < -0.3 is 0 Å². The van der Waals surface area contributed by atoms with E-state index in [1.165, 1.54) is 12.3 Å². The number of aryl methyl sites for hydroxylation is 1. The smallest absolute Gasteiger partial charge is 0.209 e. The Morgan fingerprint density at radius 2 is 1.73 bits per heavy atom. The van der Waals surface area contributed by atoms with E-state index in [0.29, 0.717) is 5.56 Å². The molecule has 0 unspecified atom stereocenters. The van der Waals surface area contributed by atoms with E-state index in [2.05, 4.69) is 9.71 Å². The standard InChI is InChI=1S/C16H19FN2O2S/c1-11-5-7-12(8-6-11)15-14(17)13(9-10-18-15)16(2,3)19-22(4,20)21/h5-10,19H,1-4H3. The summed E-state index contributed by atoms with van der Waals surface area (Å²) in [7, 11) is -3.47. The van der Waals surface area contributed by atoms with Crippen molar-refractivity contribution >= 4 is 10.0 Å². The van der Waals surface area contributed by atoms with Gasteiger partial charge in [0.25, 0.3) is 0 Å². The van der Waals surface area contributed by atoms with Crippen molar-refractivity contribution in [3.05, 3.63) is 53.5 Å². The molecule has 1 N–H and O–H groups in total. The second kappa shape index (κ2) is 5.78. The van der Waals surface area contributed by atoms with Crippen LogP contribution < -0.4 is 4.72 Å². The number of benzene rings is 1. The normalized spacial score (nSPS) is 12.4. The lowest BCUT2D eigenvalue weighted by Gasteiger charge is -2.26. The molecule has 0 saturated carbocycles. The van der Waals surface area contributed by atoms with Crippen LogP contribution in [0.25, 0.3) is 11.3 Å². The minimum absolute atomic E-state index is 0.209. The van der Waals surface area contributed by atoms with Crippen molar-refractivity contribution in [2.45, 2.75) is 26.3 Å². The minimum Gasteiger partial charge on any atom is -0.253 e. The number of halogens is 1. The molecule has 0 radical (unpaired) electrons. The Kier molecular flexibility index (Phi) is 4.35. The lowest BCUT2D eigenvalue weighted by Crippen LogP contribution is -2.41. The number of nitrogens with one attached hydrogen (secondary N) is 1. The highest BCUT2D eigenvalue weighted by Gasteiger charge is 2.29. The van der Waals surface area contributed by atoms with Crippen molar-refractivity contribution in [3.63, 3.8) is 0 Å². The molecule has 22 heavy (non-hydrogen) atoms. The molecule has 6 heteroatoms. The average Bonchev–Trinajstić information content (AvgIpc) is 2.37. The number of sulfonamides is 1. The highest BCUT2D eigenvalue weighted by Crippen LogP contribution is 2.29. The van der Waals surface area contributed by atoms with Crippen LogP contribution in [0.2, 0.25) is 0 Å². The van der Waals surface area contributed by atoms with Crippen LogP contribution in [0.3, 0.4) is 0 Å². The third kappa shape index (κ3) is 3.69. The highest BCUT2D eigenvalue weighted by atomic mass is 32.2. The molecular weight excluding hydrogens is 303 g/mol. The number of aromatic nitrogens is 1. The molecule has 0 fully saturated rings. The number of pyridine rings is 1. The van der Waals surface area contributed by atoms with Gasteiger partial charge in [0.2, 0.25) is 10.0 Å². The molecule has 4 nitrogen and oxygen atoms in total. The largest absolute Gasteiger partial charge is 0.253 e. The Morgan fingerprint density at radius 3 is 2.27 bits per heavy atom. The van der Waals surface area contributed by atoms with E-state index in [1.807, 2.05) is 19.1 Å².